The maximum Gasteiger partial charge on any atom is 0.271 e. The second kappa shape index (κ2) is 5.06. The maximum absolute atomic E-state index is 12.1. The minimum Gasteiger partial charge on any atom is -0.495 e. The van der Waals surface area contributed by atoms with E-state index < -0.39 is 0 Å². The molecule has 0 atom stereocenters. The first-order valence-electron chi connectivity index (χ1n) is 5.48. The molecule has 0 aromatic carbocycles. The number of H-pyrrole nitrogens is 1. The Morgan fingerprint density at radius 2 is 2.35 bits per heavy atom. The van der Waals surface area contributed by atoms with Gasteiger partial charge in [-0.05, 0) is 11.4 Å². The van der Waals surface area contributed by atoms with Crippen LogP contribution >= 0.6 is 22.9 Å². The van der Waals surface area contributed by atoms with Crippen molar-refractivity contribution in [3.8, 4) is 5.75 Å². The molecule has 0 saturated heterocycles. The molecule has 0 unspecified atom stereocenters. The fraction of sp³-hybridized carbons (Fsp3) is 0.0909. The van der Waals surface area contributed by atoms with Crippen LogP contribution in [0.1, 0.15) is 9.67 Å². The third-order valence-electron chi connectivity index (χ3n) is 2.52. The summed E-state index contributed by atoms with van der Waals surface area (Å²) in [6.07, 6.45) is 1.46. The minimum atomic E-state index is -0.359. The molecule has 3 aromatic heterocycles. The lowest BCUT2D eigenvalue weighted by Gasteiger charge is -2.04. The summed E-state index contributed by atoms with van der Waals surface area (Å²) in [5.74, 6) is 0.234. The number of carbonyl (C=O) groups is 1. The number of imidazole rings is 1. The van der Waals surface area contributed by atoms with Crippen molar-refractivity contribution in [3.63, 3.8) is 0 Å². The van der Waals surface area contributed by atoms with Gasteiger partial charge in [0.2, 0.25) is 5.95 Å². The third-order valence-corrected chi connectivity index (χ3v) is 3.69. The number of anilines is 1. The van der Waals surface area contributed by atoms with Gasteiger partial charge in [0.25, 0.3) is 5.91 Å². The van der Waals surface area contributed by atoms with Crippen LogP contribution < -0.4 is 10.1 Å². The molecule has 3 rings (SSSR count). The van der Waals surface area contributed by atoms with Gasteiger partial charge in [-0.25, -0.2) is 4.98 Å². The van der Waals surface area contributed by atoms with Crippen molar-refractivity contribution in [1.82, 2.24) is 19.9 Å². The molecule has 0 spiro atoms. The molecule has 3 aromatic rings. The Kier molecular flexibility index (Phi) is 3.25. The predicted molar refractivity (Wildman–Crippen MR) is 75.5 cm³/mol. The number of rotatable bonds is 3. The monoisotopic (exact) mass is 309 g/mol. The maximum atomic E-state index is 12.1. The number of methoxy groups -OCH3 is 1. The van der Waals surface area contributed by atoms with E-state index in [4.69, 9.17) is 16.3 Å². The van der Waals surface area contributed by atoms with Crippen LogP contribution in [0.4, 0.5) is 5.95 Å². The van der Waals surface area contributed by atoms with Crippen LogP contribution in [0.5, 0.6) is 5.75 Å². The van der Waals surface area contributed by atoms with Gasteiger partial charge in [-0.2, -0.15) is 9.97 Å². The van der Waals surface area contributed by atoms with E-state index in [1.54, 1.807) is 11.4 Å². The molecule has 0 aliphatic carbocycles. The molecule has 0 aliphatic heterocycles. The van der Waals surface area contributed by atoms with Gasteiger partial charge < -0.3 is 9.72 Å². The molecule has 1 amide bonds. The van der Waals surface area contributed by atoms with Gasteiger partial charge in [-0.15, -0.1) is 11.3 Å². The molecule has 0 aliphatic rings. The molecule has 20 heavy (non-hydrogen) atoms. The van der Waals surface area contributed by atoms with E-state index in [1.807, 2.05) is 0 Å². The molecule has 3 heterocycles. The number of ether oxygens (including phenoxy) is 1. The highest BCUT2D eigenvalue weighted by molar-refractivity contribution is 7.12. The Morgan fingerprint density at radius 3 is 3.15 bits per heavy atom. The van der Waals surface area contributed by atoms with E-state index in [0.29, 0.717) is 21.8 Å². The summed E-state index contributed by atoms with van der Waals surface area (Å²) in [4.78, 5) is 27.4. The number of hydrogen-bond acceptors (Lipinski definition) is 6. The lowest BCUT2D eigenvalue weighted by Crippen LogP contribution is -2.13. The Bertz CT molecular complexity index is 784. The Morgan fingerprint density at radius 1 is 1.50 bits per heavy atom. The van der Waals surface area contributed by atoms with E-state index in [1.165, 1.54) is 24.8 Å². The van der Waals surface area contributed by atoms with E-state index >= 15 is 0 Å². The fourth-order valence-corrected chi connectivity index (χ4v) is 2.61. The normalized spacial score (nSPS) is 10.7. The third kappa shape index (κ3) is 2.19. The van der Waals surface area contributed by atoms with Gasteiger partial charge in [0, 0.05) is 0 Å². The summed E-state index contributed by atoms with van der Waals surface area (Å²) in [6, 6.07) is 1.71. The Balaban J connectivity index is 1.91. The zero-order valence-corrected chi connectivity index (χ0v) is 11.7. The minimum absolute atomic E-state index is 0.0926. The average molecular weight is 310 g/mol. The summed E-state index contributed by atoms with van der Waals surface area (Å²) < 4.78 is 5.09. The number of aromatic nitrogens is 4. The van der Waals surface area contributed by atoms with Crippen molar-refractivity contribution in [1.29, 1.82) is 0 Å². The van der Waals surface area contributed by atoms with Gasteiger partial charge in [0.05, 0.1) is 13.4 Å². The van der Waals surface area contributed by atoms with Crippen LogP contribution in [0.15, 0.2) is 17.8 Å². The standard InChI is InChI=1S/C11H8ClN5O2S/c1-19-5-2-3-20-7(5)10(18)17-11-15-8(12)6-9(16-11)14-4-13-6/h2-4H,1H3,(H2,13,14,15,16,17,18). The second-order valence-corrected chi connectivity index (χ2v) is 4.99. The van der Waals surface area contributed by atoms with Crippen molar-refractivity contribution < 1.29 is 9.53 Å². The number of carbonyl (C=O) groups excluding carboxylic acids is 1. The van der Waals surface area contributed by atoms with Crippen LogP contribution in [0.25, 0.3) is 11.2 Å². The summed E-state index contributed by atoms with van der Waals surface area (Å²) >= 11 is 7.24. The number of hydrogen-bond donors (Lipinski definition) is 2. The summed E-state index contributed by atoms with van der Waals surface area (Å²) in [5.41, 5.74) is 0.914. The molecule has 0 bridgehead atoms. The van der Waals surface area contributed by atoms with E-state index in [0.717, 1.165) is 0 Å². The van der Waals surface area contributed by atoms with Crippen molar-refractivity contribution in [3.05, 3.63) is 27.8 Å². The summed E-state index contributed by atoms with van der Waals surface area (Å²) in [5, 5.41) is 4.53. The first-order chi connectivity index (χ1) is 9.69. The molecule has 102 valence electrons. The molecule has 9 heteroatoms. The molecule has 0 fully saturated rings. The number of amides is 1. The fourth-order valence-electron chi connectivity index (χ4n) is 1.64. The molecule has 7 nitrogen and oxygen atoms in total. The first-order valence-corrected chi connectivity index (χ1v) is 6.74. The highest BCUT2D eigenvalue weighted by Crippen LogP contribution is 2.25. The van der Waals surface area contributed by atoms with Crippen LogP contribution in [-0.2, 0) is 0 Å². The molecule has 2 N–H and O–H groups in total. The SMILES string of the molecule is COc1ccsc1C(=O)Nc1nc(Cl)c2[nH]cnc2n1. The predicted octanol–water partition coefficient (Wildman–Crippen LogP) is 2.33. The number of aromatic amines is 1. The van der Waals surface area contributed by atoms with Crippen molar-refractivity contribution in [2.45, 2.75) is 0 Å². The first kappa shape index (κ1) is 12.8. The van der Waals surface area contributed by atoms with Crippen LogP contribution in [0, 0.1) is 0 Å². The van der Waals surface area contributed by atoms with E-state index in [9.17, 15) is 4.79 Å². The number of fused-ring (bicyclic) bond motifs is 1. The molecule has 0 saturated carbocycles. The lowest BCUT2D eigenvalue weighted by molar-refractivity contribution is 0.102. The van der Waals surface area contributed by atoms with Crippen molar-refractivity contribution in [2.75, 3.05) is 12.4 Å². The summed E-state index contributed by atoms with van der Waals surface area (Å²) in [7, 11) is 1.50. The van der Waals surface area contributed by atoms with Gasteiger partial charge in [0.1, 0.15) is 16.1 Å². The zero-order chi connectivity index (χ0) is 14.1. The van der Waals surface area contributed by atoms with Crippen LogP contribution in [0.2, 0.25) is 5.15 Å². The zero-order valence-electron chi connectivity index (χ0n) is 10.2. The Hall–Kier alpha value is -2.19. The van der Waals surface area contributed by atoms with Gasteiger partial charge in [0.15, 0.2) is 10.8 Å². The number of halogens is 1. The van der Waals surface area contributed by atoms with Gasteiger partial charge >= 0.3 is 0 Å². The van der Waals surface area contributed by atoms with E-state index in [-0.39, 0.29) is 17.0 Å². The number of nitrogens with one attached hydrogen (secondary N) is 2. The smallest absolute Gasteiger partial charge is 0.271 e. The molecule has 0 radical (unpaired) electrons. The van der Waals surface area contributed by atoms with E-state index in [2.05, 4.69) is 25.3 Å². The largest absolute Gasteiger partial charge is 0.495 e. The van der Waals surface area contributed by atoms with Gasteiger partial charge in [-0.1, -0.05) is 11.6 Å². The Labute approximate surface area is 122 Å². The topological polar surface area (TPSA) is 92.8 Å². The quantitative estimate of drug-likeness (QED) is 0.724. The summed E-state index contributed by atoms with van der Waals surface area (Å²) in [6.45, 7) is 0. The lowest BCUT2D eigenvalue weighted by atomic mass is 10.4. The van der Waals surface area contributed by atoms with Crippen molar-refractivity contribution >= 4 is 46.0 Å². The highest BCUT2D eigenvalue weighted by atomic mass is 35.5. The number of nitrogens with zero attached hydrogens (tertiary/aromatic N) is 3. The molecular formula is C11H8ClN5O2S. The van der Waals surface area contributed by atoms with Crippen LogP contribution in [0.3, 0.4) is 0 Å². The second-order valence-electron chi connectivity index (χ2n) is 3.71. The van der Waals surface area contributed by atoms with Gasteiger partial charge in [-0.3, -0.25) is 10.1 Å². The van der Waals surface area contributed by atoms with Crippen molar-refractivity contribution in [2.24, 2.45) is 0 Å². The molecular weight excluding hydrogens is 302 g/mol. The van der Waals surface area contributed by atoms with Crippen LogP contribution in [-0.4, -0.2) is 33.0 Å². The average Bonchev–Trinajstić information content (AvgIpc) is 3.06. The number of thiophene rings is 1. The highest BCUT2D eigenvalue weighted by Gasteiger charge is 2.16.